The number of halogens is 7. The van der Waals surface area contributed by atoms with Crippen molar-refractivity contribution in [3.8, 4) is 0 Å². The molecule has 0 heterocycles. The van der Waals surface area contributed by atoms with Gasteiger partial charge in [-0.1, -0.05) is 0 Å². The van der Waals surface area contributed by atoms with E-state index in [1.54, 1.807) is 0 Å². The third-order valence-electron chi connectivity index (χ3n) is 3.10. The molecule has 0 aromatic heterocycles. The topological polar surface area (TPSA) is 89.9 Å². The van der Waals surface area contributed by atoms with Gasteiger partial charge in [0.25, 0.3) is 0 Å². The highest BCUT2D eigenvalue weighted by Gasteiger charge is 2.36. The summed E-state index contributed by atoms with van der Waals surface area (Å²) in [4.78, 5) is 34.3. The molecule has 0 radical (unpaired) electrons. The Morgan fingerprint density at radius 2 is 1.54 bits per heavy atom. The largest absolute Gasteiger partial charge is 0.479 e. The van der Waals surface area contributed by atoms with Crippen LogP contribution >= 0.6 is 0 Å². The first-order valence-electron chi connectivity index (χ1n) is 7.96. The lowest BCUT2D eigenvalue weighted by molar-refractivity contribution is -0.181. The summed E-state index contributed by atoms with van der Waals surface area (Å²) < 4.78 is 95.5. The van der Waals surface area contributed by atoms with E-state index in [1.165, 1.54) is 0 Å². The molecule has 0 aromatic carbocycles. The van der Waals surface area contributed by atoms with Gasteiger partial charge in [0, 0.05) is 25.7 Å². The molecule has 0 saturated heterocycles. The molecule has 0 fully saturated rings. The Kier molecular flexibility index (Phi) is 10.2. The van der Waals surface area contributed by atoms with E-state index in [2.05, 4.69) is 9.47 Å². The molecule has 0 saturated carbocycles. The van der Waals surface area contributed by atoms with Crippen LogP contribution in [-0.4, -0.2) is 53.7 Å². The van der Waals surface area contributed by atoms with Crippen LogP contribution in [0.3, 0.4) is 0 Å². The van der Waals surface area contributed by atoms with E-state index in [9.17, 15) is 45.1 Å². The van der Waals surface area contributed by atoms with E-state index in [-0.39, 0.29) is 0 Å². The van der Waals surface area contributed by atoms with Gasteiger partial charge >= 0.3 is 24.1 Å². The van der Waals surface area contributed by atoms with E-state index in [1.807, 2.05) is 0 Å². The van der Waals surface area contributed by atoms with Crippen molar-refractivity contribution >= 4 is 17.9 Å². The lowest BCUT2D eigenvalue weighted by atomic mass is 10.1. The van der Waals surface area contributed by atoms with Crippen molar-refractivity contribution in [1.82, 2.24) is 0 Å². The third kappa shape index (κ3) is 13.1. The van der Waals surface area contributed by atoms with E-state index < -0.39 is 87.2 Å². The van der Waals surface area contributed by atoms with Crippen LogP contribution in [0.25, 0.3) is 0 Å². The molecule has 28 heavy (non-hydrogen) atoms. The number of carbonyl (C=O) groups excluding carboxylic acids is 2. The standard InChI is InChI=1S/C15H19F7O6/c1-14(18,19)7-9(12(24)25)28-13(26)8(4-5-10(16)17)27-11(23)3-2-6-15(20,21)22/h8-10H,2-7H2,1H3,(H,24,25). The van der Waals surface area contributed by atoms with Crippen LogP contribution in [0.1, 0.15) is 45.4 Å². The van der Waals surface area contributed by atoms with Gasteiger partial charge in [0.05, 0.1) is 6.42 Å². The molecule has 6 nitrogen and oxygen atoms in total. The molecule has 0 spiro atoms. The maximum absolute atomic E-state index is 13.0. The Morgan fingerprint density at radius 3 is 1.96 bits per heavy atom. The van der Waals surface area contributed by atoms with E-state index in [0.717, 1.165) is 0 Å². The second-order valence-electron chi connectivity index (χ2n) is 5.95. The molecule has 0 amide bonds. The molecular formula is C15H19F7O6. The number of carboxylic acids is 1. The number of ether oxygens (including phenoxy) is 2. The zero-order chi connectivity index (χ0) is 22.1. The summed E-state index contributed by atoms with van der Waals surface area (Å²) in [5.41, 5.74) is 0. The summed E-state index contributed by atoms with van der Waals surface area (Å²) in [7, 11) is 0. The summed E-state index contributed by atoms with van der Waals surface area (Å²) in [6.45, 7) is 0.353. The SMILES string of the molecule is CC(F)(F)CC(OC(=O)C(CCC(F)F)OC(=O)CCCC(F)(F)F)C(=O)O. The highest BCUT2D eigenvalue weighted by atomic mass is 19.4. The first-order valence-corrected chi connectivity index (χ1v) is 7.96. The Hall–Kier alpha value is -2.08. The minimum Gasteiger partial charge on any atom is -0.479 e. The van der Waals surface area contributed by atoms with Gasteiger partial charge < -0.3 is 14.6 Å². The minimum absolute atomic E-state index is 0.353. The van der Waals surface area contributed by atoms with Gasteiger partial charge in [0.1, 0.15) is 0 Å². The van der Waals surface area contributed by atoms with Crippen molar-refractivity contribution in [2.75, 3.05) is 0 Å². The lowest BCUT2D eigenvalue weighted by Gasteiger charge is -2.21. The molecule has 2 unspecified atom stereocenters. The van der Waals surface area contributed by atoms with Crippen molar-refractivity contribution in [3.05, 3.63) is 0 Å². The van der Waals surface area contributed by atoms with Crippen molar-refractivity contribution in [2.45, 2.75) is 76.2 Å². The van der Waals surface area contributed by atoms with Crippen LogP contribution in [-0.2, 0) is 23.9 Å². The molecule has 0 bridgehead atoms. The Balaban J connectivity index is 4.98. The fourth-order valence-electron chi connectivity index (χ4n) is 1.87. The van der Waals surface area contributed by atoms with E-state index in [4.69, 9.17) is 5.11 Å². The average Bonchev–Trinajstić information content (AvgIpc) is 2.47. The second kappa shape index (κ2) is 11.1. The molecule has 0 aliphatic heterocycles. The van der Waals surface area contributed by atoms with Crippen LogP contribution < -0.4 is 0 Å². The fraction of sp³-hybridized carbons (Fsp3) is 0.800. The second-order valence-corrected chi connectivity index (χ2v) is 5.95. The number of alkyl halides is 7. The summed E-state index contributed by atoms with van der Waals surface area (Å²) >= 11 is 0. The number of hydrogen-bond acceptors (Lipinski definition) is 5. The normalized spacial score (nSPS) is 14.5. The number of carbonyl (C=O) groups is 3. The molecule has 13 heteroatoms. The zero-order valence-corrected chi connectivity index (χ0v) is 14.6. The molecular weight excluding hydrogens is 409 g/mol. The zero-order valence-electron chi connectivity index (χ0n) is 14.6. The first kappa shape index (κ1) is 25.9. The summed E-state index contributed by atoms with van der Waals surface area (Å²) in [5, 5.41) is 8.81. The number of aliphatic carboxylic acids is 1. The van der Waals surface area contributed by atoms with Gasteiger partial charge in [0.15, 0.2) is 6.10 Å². The highest BCUT2D eigenvalue weighted by Crippen LogP contribution is 2.24. The Morgan fingerprint density at radius 1 is 0.964 bits per heavy atom. The Labute approximate surface area is 155 Å². The van der Waals surface area contributed by atoms with Crippen LogP contribution in [0.2, 0.25) is 0 Å². The monoisotopic (exact) mass is 428 g/mol. The molecule has 2 atom stereocenters. The van der Waals surface area contributed by atoms with Crippen molar-refractivity contribution in [2.24, 2.45) is 0 Å². The molecule has 0 aliphatic rings. The third-order valence-corrected chi connectivity index (χ3v) is 3.10. The quantitative estimate of drug-likeness (QED) is 0.377. The first-order chi connectivity index (χ1) is 12.6. The van der Waals surface area contributed by atoms with E-state index >= 15 is 0 Å². The number of carboxylic acid groups (broad SMARTS) is 1. The summed E-state index contributed by atoms with van der Waals surface area (Å²) in [6.07, 6.45) is -18.0. The maximum Gasteiger partial charge on any atom is 0.389 e. The minimum atomic E-state index is -4.55. The molecule has 0 rings (SSSR count). The molecule has 1 N–H and O–H groups in total. The van der Waals surface area contributed by atoms with Crippen LogP contribution in [0.4, 0.5) is 30.7 Å². The average molecular weight is 428 g/mol. The lowest BCUT2D eigenvalue weighted by Crippen LogP contribution is -2.38. The molecule has 0 aromatic rings. The fourth-order valence-corrected chi connectivity index (χ4v) is 1.87. The van der Waals surface area contributed by atoms with Crippen molar-refractivity contribution in [1.29, 1.82) is 0 Å². The summed E-state index contributed by atoms with van der Waals surface area (Å²) in [5.74, 6) is -8.50. The van der Waals surface area contributed by atoms with Gasteiger partial charge in [-0.2, -0.15) is 13.2 Å². The van der Waals surface area contributed by atoms with Crippen LogP contribution in [0.15, 0.2) is 0 Å². The molecule has 0 aliphatic carbocycles. The van der Waals surface area contributed by atoms with Gasteiger partial charge in [-0.15, -0.1) is 0 Å². The van der Waals surface area contributed by atoms with Crippen LogP contribution in [0, 0.1) is 0 Å². The number of rotatable bonds is 12. The highest BCUT2D eigenvalue weighted by molar-refractivity contribution is 5.82. The predicted octanol–water partition coefficient (Wildman–Crippen LogP) is 3.72. The predicted molar refractivity (Wildman–Crippen MR) is 77.8 cm³/mol. The van der Waals surface area contributed by atoms with E-state index in [0.29, 0.717) is 6.92 Å². The summed E-state index contributed by atoms with van der Waals surface area (Å²) in [6, 6.07) is 0. The number of esters is 2. The van der Waals surface area contributed by atoms with Gasteiger partial charge in [-0.25, -0.2) is 27.2 Å². The maximum atomic E-state index is 13.0. The number of hydrogen-bond donors (Lipinski definition) is 1. The van der Waals surface area contributed by atoms with Crippen LogP contribution in [0.5, 0.6) is 0 Å². The van der Waals surface area contributed by atoms with Crippen molar-refractivity contribution < 1.29 is 59.7 Å². The van der Waals surface area contributed by atoms with Gasteiger partial charge in [-0.3, -0.25) is 4.79 Å². The van der Waals surface area contributed by atoms with Gasteiger partial charge in [-0.05, 0) is 13.3 Å². The molecule has 164 valence electrons. The smallest absolute Gasteiger partial charge is 0.389 e. The van der Waals surface area contributed by atoms with Crippen molar-refractivity contribution in [3.63, 3.8) is 0 Å². The Bertz CT molecular complexity index is 530. The van der Waals surface area contributed by atoms with Gasteiger partial charge in [0.2, 0.25) is 18.5 Å².